The van der Waals surface area contributed by atoms with Gasteiger partial charge in [0, 0.05) is 19.6 Å². The second kappa shape index (κ2) is 6.58. The third-order valence-electron chi connectivity index (χ3n) is 4.49. The monoisotopic (exact) mass is 288 g/mol. The van der Waals surface area contributed by atoms with E-state index in [9.17, 15) is 4.79 Å². The highest BCUT2D eigenvalue weighted by atomic mass is 16.5. The largest absolute Gasteiger partial charge is 0.366 e. The molecular weight excluding hydrogens is 264 g/mol. The second-order valence-corrected chi connectivity index (χ2v) is 6.22. The number of benzene rings is 1. The van der Waals surface area contributed by atoms with E-state index in [0.717, 1.165) is 19.6 Å². The summed E-state index contributed by atoms with van der Waals surface area (Å²) >= 11 is 0. The van der Waals surface area contributed by atoms with Crippen molar-refractivity contribution in [3.05, 3.63) is 35.4 Å². The summed E-state index contributed by atoms with van der Waals surface area (Å²) in [6.07, 6.45) is 2.58. The maximum atomic E-state index is 12.1. The Bertz CT molecular complexity index is 497. The van der Waals surface area contributed by atoms with Gasteiger partial charge in [-0.25, -0.2) is 0 Å². The molecule has 114 valence electrons. The highest BCUT2D eigenvalue weighted by Gasteiger charge is 2.32. The molecule has 0 saturated carbocycles. The molecule has 4 heteroatoms. The number of piperidine rings is 1. The Balaban J connectivity index is 1.64. The molecule has 2 atom stereocenters. The summed E-state index contributed by atoms with van der Waals surface area (Å²) in [4.78, 5) is 14.1. The number of nitrogens with zero attached hydrogens (tertiary/aromatic N) is 1. The lowest BCUT2D eigenvalue weighted by molar-refractivity contribution is -0.153. The van der Waals surface area contributed by atoms with Crippen LogP contribution in [0.4, 0.5) is 0 Å². The molecule has 2 unspecified atom stereocenters. The second-order valence-electron chi connectivity index (χ2n) is 6.22. The van der Waals surface area contributed by atoms with Gasteiger partial charge in [-0.1, -0.05) is 29.8 Å². The first kappa shape index (κ1) is 14.5. The molecule has 2 fully saturated rings. The maximum Gasteiger partial charge on any atom is 0.248 e. The molecule has 2 aliphatic heterocycles. The Labute approximate surface area is 126 Å². The molecule has 4 nitrogen and oxygen atoms in total. The van der Waals surface area contributed by atoms with Crippen LogP contribution in [0, 0.1) is 12.8 Å². The molecule has 1 N–H and O–H groups in total. The van der Waals surface area contributed by atoms with Crippen LogP contribution in [0.2, 0.25) is 0 Å². The van der Waals surface area contributed by atoms with E-state index in [1.165, 1.54) is 24.0 Å². The number of amides is 1. The molecule has 0 aliphatic carbocycles. The molecule has 1 aromatic rings. The van der Waals surface area contributed by atoms with Gasteiger partial charge < -0.3 is 15.0 Å². The van der Waals surface area contributed by atoms with Crippen LogP contribution in [0.3, 0.4) is 0 Å². The zero-order valence-electron chi connectivity index (χ0n) is 12.7. The van der Waals surface area contributed by atoms with Crippen molar-refractivity contribution in [2.24, 2.45) is 5.92 Å². The molecule has 2 heterocycles. The van der Waals surface area contributed by atoms with Crippen LogP contribution < -0.4 is 5.32 Å². The first-order valence-corrected chi connectivity index (χ1v) is 7.88. The average Bonchev–Trinajstić information content (AvgIpc) is 2.50. The van der Waals surface area contributed by atoms with Crippen molar-refractivity contribution in [2.45, 2.75) is 32.4 Å². The molecule has 3 rings (SSSR count). The zero-order valence-corrected chi connectivity index (χ0v) is 12.7. The number of nitrogens with one attached hydrogen (secondary N) is 1. The lowest BCUT2D eigenvalue weighted by Crippen LogP contribution is -2.51. The summed E-state index contributed by atoms with van der Waals surface area (Å²) in [5.41, 5.74) is 2.44. The smallest absolute Gasteiger partial charge is 0.248 e. The van der Waals surface area contributed by atoms with Gasteiger partial charge in [-0.15, -0.1) is 0 Å². The SMILES string of the molecule is Cc1cccc(CN2CC(C3CCCNC3)OCC2=O)c1. The summed E-state index contributed by atoms with van der Waals surface area (Å²) in [5, 5.41) is 3.43. The molecule has 0 spiro atoms. The van der Waals surface area contributed by atoms with E-state index in [2.05, 4.69) is 36.5 Å². The Morgan fingerprint density at radius 3 is 3.10 bits per heavy atom. The van der Waals surface area contributed by atoms with Crippen molar-refractivity contribution in [3.8, 4) is 0 Å². The summed E-state index contributed by atoms with van der Waals surface area (Å²) in [5.74, 6) is 0.642. The summed E-state index contributed by atoms with van der Waals surface area (Å²) in [6.45, 7) is 5.85. The Kier molecular flexibility index (Phi) is 4.56. The van der Waals surface area contributed by atoms with E-state index in [0.29, 0.717) is 12.5 Å². The lowest BCUT2D eigenvalue weighted by atomic mass is 9.92. The Hall–Kier alpha value is -1.39. The van der Waals surface area contributed by atoms with Crippen LogP contribution >= 0.6 is 0 Å². The number of aryl methyl sites for hydroxylation is 1. The van der Waals surface area contributed by atoms with E-state index in [1.54, 1.807) is 0 Å². The van der Waals surface area contributed by atoms with E-state index >= 15 is 0 Å². The van der Waals surface area contributed by atoms with E-state index in [-0.39, 0.29) is 18.6 Å². The van der Waals surface area contributed by atoms with Gasteiger partial charge in [0.1, 0.15) is 6.61 Å². The number of hydrogen-bond acceptors (Lipinski definition) is 3. The molecule has 0 radical (unpaired) electrons. The molecule has 0 bridgehead atoms. The van der Waals surface area contributed by atoms with Crippen LogP contribution in [0.25, 0.3) is 0 Å². The number of carbonyl (C=O) groups is 1. The third kappa shape index (κ3) is 3.63. The van der Waals surface area contributed by atoms with Gasteiger partial charge in [-0.3, -0.25) is 4.79 Å². The predicted octanol–water partition coefficient (Wildman–Crippen LogP) is 1.72. The third-order valence-corrected chi connectivity index (χ3v) is 4.49. The Morgan fingerprint density at radius 2 is 2.33 bits per heavy atom. The predicted molar refractivity (Wildman–Crippen MR) is 81.9 cm³/mol. The van der Waals surface area contributed by atoms with Crippen molar-refractivity contribution < 1.29 is 9.53 Å². The van der Waals surface area contributed by atoms with Crippen molar-refractivity contribution in [1.82, 2.24) is 10.2 Å². The average molecular weight is 288 g/mol. The summed E-state index contributed by atoms with van der Waals surface area (Å²) in [6, 6.07) is 8.38. The topological polar surface area (TPSA) is 41.6 Å². The van der Waals surface area contributed by atoms with Crippen LogP contribution in [0.1, 0.15) is 24.0 Å². The minimum absolute atomic E-state index is 0.108. The fourth-order valence-electron chi connectivity index (χ4n) is 3.31. The van der Waals surface area contributed by atoms with Crippen LogP contribution in [0.5, 0.6) is 0 Å². The van der Waals surface area contributed by atoms with Crippen molar-refractivity contribution in [1.29, 1.82) is 0 Å². The van der Waals surface area contributed by atoms with Crippen LogP contribution in [-0.4, -0.2) is 43.2 Å². The van der Waals surface area contributed by atoms with Gasteiger partial charge in [0.15, 0.2) is 0 Å². The normalized spacial score (nSPS) is 26.9. The summed E-state index contributed by atoms with van der Waals surface area (Å²) < 4.78 is 5.79. The summed E-state index contributed by atoms with van der Waals surface area (Å²) in [7, 11) is 0. The van der Waals surface area contributed by atoms with E-state index < -0.39 is 0 Å². The standard InChI is InChI=1S/C17H24N2O2/c1-13-4-2-5-14(8-13)10-19-11-16(21-12-17(19)20)15-6-3-7-18-9-15/h2,4-5,8,15-16,18H,3,6-7,9-12H2,1H3. The van der Waals surface area contributed by atoms with Gasteiger partial charge in [-0.05, 0) is 37.8 Å². The molecule has 0 aromatic heterocycles. The minimum atomic E-state index is 0.108. The highest BCUT2D eigenvalue weighted by molar-refractivity contribution is 5.78. The van der Waals surface area contributed by atoms with Gasteiger partial charge in [0.2, 0.25) is 5.91 Å². The lowest BCUT2D eigenvalue weighted by Gasteiger charge is -2.38. The minimum Gasteiger partial charge on any atom is -0.366 e. The van der Waals surface area contributed by atoms with Crippen molar-refractivity contribution >= 4 is 5.91 Å². The van der Waals surface area contributed by atoms with Gasteiger partial charge >= 0.3 is 0 Å². The highest BCUT2D eigenvalue weighted by Crippen LogP contribution is 2.22. The van der Waals surface area contributed by atoms with Crippen LogP contribution in [-0.2, 0) is 16.1 Å². The van der Waals surface area contributed by atoms with Gasteiger partial charge in [0.05, 0.1) is 6.10 Å². The number of morpholine rings is 1. The quantitative estimate of drug-likeness (QED) is 0.921. The van der Waals surface area contributed by atoms with Gasteiger partial charge in [0.25, 0.3) is 0 Å². The fourth-order valence-corrected chi connectivity index (χ4v) is 3.31. The maximum absolute atomic E-state index is 12.1. The zero-order chi connectivity index (χ0) is 14.7. The molecule has 1 amide bonds. The molecule has 21 heavy (non-hydrogen) atoms. The number of rotatable bonds is 3. The van der Waals surface area contributed by atoms with Crippen molar-refractivity contribution in [2.75, 3.05) is 26.2 Å². The first-order chi connectivity index (χ1) is 10.2. The number of ether oxygens (including phenoxy) is 1. The number of carbonyl (C=O) groups excluding carboxylic acids is 1. The van der Waals surface area contributed by atoms with Crippen LogP contribution in [0.15, 0.2) is 24.3 Å². The first-order valence-electron chi connectivity index (χ1n) is 7.88. The molecule has 2 saturated heterocycles. The van der Waals surface area contributed by atoms with Crippen molar-refractivity contribution in [3.63, 3.8) is 0 Å². The molecule has 1 aromatic carbocycles. The van der Waals surface area contributed by atoms with E-state index in [4.69, 9.17) is 4.74 Å². The molecular formula is C17H24N2O2. The number of hydrogen-bond donors (Lipinski definition) is 1. The van der Waals surface area contributed by atoms with E-state index in [1.807, 2.05) is 4.90 Å². The Morgan fingerprint density at radius 1 is 1.43 bits per heavy atom. The fraction of sp³-hybridized carbons (Fsp3) is 0.588. The van der Waals surface area contributed by atoms with Gasteiger partial charge in [-0.2, -0.15) is 0 Å². The molecule has 2 aliphatic rings.